The monoisotopic (exact) mass is 441 g/mol. The van der Waals surface area contributed by atoms with Gasteiger partial charge in [0.1, 0.15) is 5.82 Å². The van der Waals surface area contributed by atoms with Crippen molar-refractivity contribution in [3.05, 3.63) is 58.3 Å². The van der Waals surface area contributed by atoms with Gasteiger partial charge in [0.2, 0.25) is 0 Å². The molecule has 4 heterocycles. The number of hydrogen-bond donors (Lipinski definition) is 4. The van der Waals surface area contributed by atoms with E-state index in [1.54, 1.807) is 28.0 Å². The number of aromatic nitrogens is 1. The van der Waals surface area contributed by atoms with Crippen LogP contribution in [0, 0.1) is 11.7 Å². The predicted octanol–water partition coefficient (Wildman–Crippen LogP) is 0.311. The number of piperidine rings is 2. The number of amides is 2. The third kappa shape index (κ3) is 4.29. The summed E-state index contributed by atoms with van der Waals surface area (Å²) in [5.74, 6) is 0.346. The molecule has 4 N–H and O–H groups in total. The van der Waals surface area contributed by atoms with Crippen LogP contribution < -0.4 is 26.0 Å². The summed E-state index contributed by atoms with van der Waals surface area (Å²) in [6.07, 6.45) is 3.57. The highest BCUT2D eigenvalue weighted by Gasteiger charge is 2.42. The van der Waals surface area contributed by atoms with Crippen molar-refractivity contribution in [1.82, 2.24) is 4.57 Å². The van der Waals surface area contributed by atoms with Crippen molar-refractivity contribution in [2.45, 2.75) is 37.8 Å². The number of quaternary nitrogens is 2. The van der Waals surface area contributed by atoms with Crippen LogP contribution in [0.4, 0.5) is 20.6 Å². The van der Waals surface area contributed by atoms with E-state index in [0.29, 0.717) is 29.9 Å². The molecular formula is C24H32FN5O2+2. The molecule has 3 aliphatic rings. The van der Waals surface area contributed by atoms with Gasteiger partial charge in [0.05, 0.1) is 56.6 Å². The van der Waals surface area contributed by atoms with E-state index in [9.17, 15) is 14.0 Å². The van der Waals surface area contributed by atoms with Crippen molar-refractivity contribution >= 4 is 17.4 Å². The topological polar surface area (TPSA) is 72.0 Å². The summed E-state index contributed by atoms with van der Waals surface area (Å²) in [5.41, 5.74) is 2.01. The van der Waals surface area contributed by atoms with Crippen molar-refractivity contribution in [3.63, 3.8) is 0 Å². The second-order valence-electron chi connectivity index (χ2n) is 9.77. The lowest BCUT2D eigenvalue weighted by molar-refractivity contribution is -0.959. The van der Waals surface area contributed by atoms with Gasteiger partial charge in [-0.1, -0.05) is 6.07 Å². The zero-order chi connectivity index (χ0) is 22.2. The maximum absolute atomic E-state index is 13.5. The molecule has 2 amide bonds. The van der Waals surface area contributed by atoms with Crippen LogP contribution in [0.2, 0.25) is 0 Å². The smallest absolute Gasteiger partial charge is 0.323 e. The van der Waals surface area contributed by atoms with Crippen LogP contribution >= 0.6 is 0 Å². The third-order valence-corrected chi connectivity index (χ3v) is 7.48. The van der Waals surface area contributed by atoms with Crippen molar-refractivity contribution in [1.29, 1.82) is 0 Å². The number of anilines is 2. The molecule has 0 spiro atoms. The Hall–Kier alpha value is -2.71. The lowest BCUT2D eigenvalue weighted by atomic mass is 9.81. The van der Waals surface area contributed by atoms with Gasteiger partial charge in [-0.25, -0.2) is 9.18 Å². The third-order valence-electron chi connectivity index (χ3n) is 7.48. The molecule has 7 nitrogen and oxygen atoms in total. The van der Waals surface area contributed by atoms with Crippen LogP contribution in [0.25, 0.3) is 0 Å². The summed E-state index contributed by atoms with van der Waals surface area (Å²) in [6, 6.07) is 9.32. The minimum Gasteiger partial charge on any atom is -0.337 e. The molecule has 2 saturated heterocycles. The van der Waals surface area contributed by atoms with Gasteiger partial charge in [0.25, 0.3) is 5.56 Å². The number of nitrogens with one attached hydrogen (secondary N) is 4. The molecule has 0 saturated carbocycles. The Morgan fingerprint density at radius 1 is 1.12 bits per heavy atom. The van der Waals surface area contributed by atoms with Crippen LogP contribution in [0.5, 0.6) is 0 Å². The Kier molecular flexibility index (Phi) is 5.73. The first-order valence-corrected chi connectivity index (χ1v) is 11.7. The van der Waals surface area contributed by atoms with Gasteiger partial charge >= 0.3 is 6.03 Å². The number of fused-ring (bicyclic) bond motifs is 4. The Labute approximate surface area is 187 Å². The van der Waals surface area contributed by atoms with E-state index in [1.165, 1.54) is 44.1 Å². The Morgan fingerprint density at radius 2 is 1.94 bits per heavy atom. The van der Waals surface area contributed by atoms with Crippen LogP contribution in [-0.2, 0) is 6.54 Å². The maximum atomic E-state index is 13.5. The molecule has 170 valence electrons. The fraction of sp³-hybridized carbons (Fsp3) is 0.500. The first kappa shape index (κ1) is 21.2. The largest absolute Gasteiger partial charge is 0.337 e. The van der Waals surface area contributed by atoms with E-state index in [2.05, 4.69) is 17.7 Å². The van der Waals surface area contributed by atoms with E-state index >= 15 is 0 Å². The first-order valence-electron chi connectivity index (χ1n) is 11.7. The van der Waals surface area contributed by atoms with Crippen molar-refractivity contribution in [3.8, 4) is 0 Å². The number of likely N-dealkylation sites (tertiary alicyclic amines) is 2. The summed E-state index contributed by atoms with van der Waals surface area (Å²) in [4.78, 5) is 28.6. The van der Waals surface area contributed by atoms with Gasteiger partial charge in [-0.05, 0) is 30.7 Å². The molecule has 3 atom stereocenters. The molecule has 5 rings (SSSR count). The number of carbonyl (C=O) groups is 1. The van der Waals surface area contributed by atoms with Gasteiger partial charge in [0, 0.05) is 37.1 Å². The molecule has 32 heavy (non-hydrogen) atoms. The summed E-state index contributed by atoms with van der Waals surface area (Å²) in [7, 11) is 2.27. The van der Waals surface area contributed by atoms with Gasteiger partial charge in [-0.2, -0.15) is 0 Å². The highest BCUT2D eigenvalue weighted by atomic mass is 19.1. The highest BCUT2D eigenvalue weighted by Crippen LogP contribution is 2.35. The number of carbonyl (C=O) groups excluding carboxylic acids is 1. The number of rotatable bonds is 3. The number of hydrogen-bond acceptors (Lipinski definition) is 2. The second-order valence-corrected chi connectivity index (χ2v) is 9.77. The summed E-state index contributed by atoms with van der Waals surface area (Å²) in [5, 5.41) is 5.61. The van der Waals surface area contributed by atoms with Gasteiger partial charge in [-0.15, -0.1) is 0 Å². The van der Waals surface area contributed by atoms with Gasteiger partial charge in [0.15, 0.2) is 0 Å². The molecule has 2 bridgehead atoms. The van der Waals surface area contributed by atoms with E-state index in [0.717, 1.165) is 25.2 Å². The molecule has 1 aromatic heterocycles. The number of pyridine rings is 1. The lowest BCUT2D eigenvalue weighted by Crippen LogP contribution is -3.21. The molecule has 2 aromatic rings. The second kappa shape index (κ2) is 8.67. The lowest BCUT2D eigenvalue weighted by Gasteiger charge is -2.44. The standard InChI is InChI=1S/C24H30FN5O2/c1-28-9-7-20(8-10-28)29-13-16-11-17(15-29)23-21(5-6-22(31)30(23)14-16)27-24(32)26-19-4-2-3-18(25)12-19/h2-6,12,16-17,20H,7-11,13-15H2,1H3,(H2,26,27,32)/p+2/t16-,17+/m0/s1. The Morgan fingerprint density at radius 3 is 2.72 bits per heavy atom. The summed E-state index contributed by atoms with van der Waals surface area (Å²) in [6.45, 7) is 5.31. The van der Waals surface area contributed by atoms with E-state index in [4.69, 9.17) is 0 Å². The highest BCUT2D eigenvalue weighted by molar-refractivity contribution is 6.00. The quantitative estimate of drug-likeness (QED) is 0.554. The molecular weight excluding hydrogens is 409 g/mol. The van der Waals surface area contributed by atoms with Crippen LogP contribution in [0.3, 0.4) is 0 Å². The van der Waals surface area contributed by atoms with E-state index < -0.39 is 11.8 Å². The number of nitrogens with zero attached hydrogens (tertiary/aromatic N) is 1. The average molecular weight is 442 g/mol. The fourth-order valence-electron chi connectivity index (χ4n) is 5.98. The van der Waals surface area contributed by atoms with Crippen molar-refractivity contribution < 1.29 is 19.0 Å². The predicted molar refractivity (Wildman–Crippen MR) is 121 cm³/mol. The number of urea groups is 1. The minimum absolute atomic E-state index is 0.00266. The number of halogens is 1. The molecule has 1 unspecified atom stereocenters. The zero-order valence-corrected chi connectivity index (χ0v) is 18.5. The molecule has 0 aliphatic carbocycles. The van der Waals surface area contributed by atoms with Gasteiger partial charge < -0.3 is 25.0 Å². The Balaban J connectivity index is 1.36. The molecule has 2 fully saturated rings. The average Bonchev–Trinajstić information content (AvgIpc) is 2.76. The maximum Gasteiger partial charge on any atom is 0.323 e. The zero-order valence-electron chi connectivity index (χ0n) is 18.5. The summed E-state index contributed by atoms with van der Waals surface area (Å²) >= 11 is 0. The molecule has 0 radical (unpaired) electrons. The molecule has 1 aromatic carbocycles. The first-order chi connectivity index (χ1) is 15.5. The molecule has 3 aliphatic heterocycles. The number of benzene rings is 1. The van der Waals surface area contributed by atoms with E-state index in [-0.39, 0.29) is 11.5 Å². The van der Waals surface area contributed by atoms with Crippen LogP contribution in [0.1, 0.15) is 30.9 Å². The van der Waals surface area contributed by atoms with Gasteiger partial charge in [-0.3, -0.25) is 4.79 Å². The van der Waals surface area contributed by atoms with Crippen molar-refractivity contribution in [2.24, 2.45) is 5.92 Å². The summed E-state index contributed by atoms with van der Waals surface area (Å²) < 4.78 is 15.3. The SMILES string of the molecule is C[NH+]1CCC([NH+]2C[C@@H]3C[C@H](C2)c2c(NC(=O)Nc4cccc(F)c4)ccc(=O)n2C3)CC1. The Bertz CT molecular complexity index is 1060. The minimum atomic E-state index is -0.433. The fourth-order valence-corrected chi connectivity index (χ4v) is 5.98. The van der Waals surface area contributed by atoms with Crippen molar-refractivity contribution in [2.75, 3.05) is 43.9 Å². The van der Waals surface area contributed by atoms with Crippen LogP contribution in [0.15, 0.2) is 41.2 Å². The van der Waals surface area contributed by atoms with E-state index in [1.807, 2.05) is 4.57 Å². The van der Waals surface area contributed by atoms with Crippen LogP contribution in [-0.4, -0.2) is 49.9 Å². The normalized spacial score (nSPS) is 29.1. The molecule has 8 heteroatoms.